The van der Waals surface area contributed by atoms with Crippen LogP contribution in [-0.2, 0) is 9.53 Å². The number of carbonyl (C=O) groups excluding carboxylic acids is 1. The Kier molecular flexibility index (Phi) is 4.97. The first-order chi connectivity index (χ1) is 10.7. The number of aryl methyl sites for hydroxylation is 1. The van der Waals surface area contributed by atoms with Crippen molar-refractivity contribution >= 4 is 12.1 Å². The first-order valence-corrected chi connectivity index (χ1v) is 7.94. The maximum Gasteiger partial charge on any atom is 0.410 e. The maximum absolute atomic E-state index is 12.2. The Balaban J connectivity index is 2.15. The molecule has 0 radical (unpaired) electrons. The van der Waals surface area contributed by atoms with Crippen molar-refractivity contribution in [1.82, 2.24) is 4.90 Å². The predicted molar refractivity (Wildman–Crippen MR) is 87.5 cm³/mol. The summed E-state index contributed by atoms with van der Waals surface area (Å²) < 4.78 is 5.36. The molecule has 1 heterocycles. The zero-order chi connectivity index (χ0) is 17.2. The number of amides is 1. The van der Waals surface area contributed by atoms with Gasteiger partial charge in [0, 0.05) is 19.0 Å². The number of carboxylic acids is 1. The van der Waals surface area contributed by atoms with Crippen molar-refractivity contribution in [3.8, 4) is 0 Å². The van der Waals surface area contributed by atoms with Gasteiger partial charge in [0.05, 0.1) is 5.92 Å². The summed E-state index contributed by atoms with van der Waals surface area (Å²) in [6.45, 7) is 8.10. The topological polar surface area (TPSA) is 66.8 Å². The number of carbonyl (C=O) groups is 2. The summed E-state index contributed by atoms with van der Waals surface area (Å²) >= 11 is 0. The Bertz CT molecular complexity index is 591. The number of piperidine rings is 1. The van der Waals surface area contributed by atoms with Crippen LogP contribution in [0.15, 0.2) is 24.3 Å². The molecular weight excluding hydrogens is 294 g/mol. The highest BCUT2D eigenvalue weighted by Gasteiger charge is 2.38. The summed E-state index contributed by atoms with van der Waals surface area (Å²) in [5.41, 5.74) is 1.56. The molecule has 2 atom stereocenters. The van der Waals surface area contributed by atoms with Crippen molar-refractivity contribution in [1.29, 1.82) is 0 Å². The summed E-state index contributed by atoms with van der Waals surface area (Å²) in [6.07, 6.45) is 0.186. The van der Waals surface area contributed by atoms with E-state index in [1.165, 1.54) is 4.90 Å². The second kappa shape index (κ2) is 6.60. The molecule has 0 bridgehead atoms. The summed E-state index contributed by atoms with van der Waals surface area (Å²) in [6, 6.07) is 7.94. The third-order valence-electron chi connectivity index (χ3n) is 4.05. The molecule has 0 saturated carbocycles. The number of rotatable bonds is 2. The third kappa shape index (κ3) is 4.47. The van der Waals surface area contributed by atoms with Crippen LogP contribution in [0.5, 0.6) is 0 Å². The number of hydrogen-bond donors (Lipinski definition) is 1. The van der Waals surface area contributed by atoms with Crippen molar-refractivity contribution in [2.75, 3.05) is 13.1 Å². The van der Waals surface area contributed by atoms with Crippen molar-refractivity contribution in [3.05, 3.63) is 35.4 Å². The van der Waals surface area contributed by atoms with Crippen LogP contribution in [-0.4, -0.2) is 40.8 Å². The maximum atomic E-state index is 12.2. The molecule has 0 spiro atoms. The van der Waals surface area contributed by atoms with E-state index in [-0.39, 0.29) is 12.5 Å². The lowest BCUT2D eigenvalue weighted by atomic mass is 9.80. The smallest absolute Gasteiger partial charge is 0.410 e. The minimum Gasteiger partial charge on any atom is -0.481 e. The largest absolute Gasteiger partial charge is 0.481 e. The summed E-state index contributed by atoms with van der Waals surface area (Å²) in [5, 5.41) is 9.59. The molecule has 1 aromatic carbocycles. The molecule has 1 fully saturated rings. The number of likely N-dealkylation sites (tertiary alicyclic amines) is 1. The van der Waals surface area contributed by atoms with Crippen LogP contribution in [0, 0.1) is 12.8 Å². The normalized spacial score (nSPS) is 21.8. The first-order valence-electron chi connectivity index (χ1n) is 7.94. The molecule has 1 amide bonds. The third-order valence-corrected chi connectivity index (χ3v) is 4.05. The van der Waals surface area contributed by atoms with E-state index in [4.69, 9.17) is 4.74 Å². The number of nitrogens with zero attached hydrogens (tertiary/aromatic N) is 1. The van der Waals surface area contributed by atoms with Crippen LogP contribution in [0.1, 0.15) is 44.2 Å². The minimum absolute atomic E-state index is 0.0777. The van der Waals surface area contributed by atoms with Gasteiger partial charge in [-0.05, 0) is 39.7 Å². The van der Waals surface area contributed by atoms with E-state index in [0.717, 1.165) is 11.1 Å². The zero-order valence-electron chi connectivity index (χ0n) is 14.2. The number of hydrogen-bond acceptors (Lipinski definition) is 3. The van der Waals surface area contributed by atoms with Crippen LogP contribution in [0.3, 0.4) is 0 Å². The van der Waals surface area contributed by atoms with E-state index >= 15 is 0 Å². The van der Waals surface area contributed by atoms with E-state index in [1.54, 1.807) is 20.8 Å². The highest BCUT2D eigenvalue weighted by Crippen LogP contribution is 2.34. The number of aliphatic carboxylic acids is 1. The highest BCUT2D eigenvalue weighted by molar-refractivity contribution is 5.74. The van der Waals surface area contributed by atoms with E-state index < -0.39 is 23.6 Å². The Morgan fingerprint density at radius 3 is 2.57 bits per heavy atom. The molecule has 2 rings (SSSR count). The van der Waals surface area contributed by atoms with Gasteiger partial charge in [0.1, 0.15) is 5.60 Å². The van der Waals surface area contributed by atoms with Crippen LogP contribution in [0.25, 0.3) is 0 Å². The molecule has 1 saturated heterocycles. The van der Waals surface area contributed by atoms with Crippen LogP contribution < -0.4 is 0 Å². The second-order valence-corrected chi connectivity index (χ2v) is 7.18. The Hall–Kier alpha value is -2.04. The molecule has 5 heteroatoms. The second-order valence-electron chi connectivity index (χ2n) is 7.18. The van der Waals surface area contributed by atoms with Crippen molar-refractivity contribution in [3.63, 3.8) is 0 Å². The Morgan fingerprint density at radius 1 is 1.30 bits per heavy atom. The van der Waals surface area contributed by atoms with Gasteiger partial charge in [-0.2, -0.15) is 0 Å². The van der Waals surface area contributed by atoms with Gasteiger partial charge in [-0.1, -0.05) is 29.8 Å². The highest BCUT2D eigenvalue weighted by atomic mass is 16.6. The van der Waals surface area contributed by atoms with Crippen molar-refractivity contribution < 1.29 is 19.4 Å². The lowest BCUT2D eigenvalue weighted by Crippen LogP contribution is -2.47. The van der Waals surface area contributed by atoms with Crippen molar-refractivity contribution in [2.45, 2.75) is 45.6 Å². The quantitative estimate of drug-likeness (QED) is 0.907. The molecule has 0 unspecified atom stereocenters. The summed E-state index contributed by atoms with van der Waals surface area (Å²) in [7, 11) is 0. The van der Waals surface area contributed by atoms with Crippen molar-refractivity contribution in [2.24, 2.45) is 5.92 Å². The van der Waals surface area contributed by atoms with Gasteiger partial charge >= 0.3 is 12.1 Å². The van der Waals surface area contributed by atoms with E-state index in [0.29, 0.717) is 13.0 Å². The first kappa shape index (κ1) is 17.3. The van der Waals surface area contributed by atoms with Gasteiger partial charge < -0.3 is 14.7 Å². The monoisotopic (exact) mass is 319 g/mol. The number of benzene rings is 1. The molecule has 1 aromatic rings. The molecule has 23 heavy (non-hydrogen) atoms. The molecule has 1 N–H and O–H groups in total. The van der Waals surface area contributed by atoms with Gasteiger partial charge in [-0.15, -0.1) is 0 Å². The van der Waals surface area contributed by atoms with Gasteiger partial charge in [0.2, 0.25) is 0 Å². The molecule has 126 valence electrons. The van der Waals surface area contributed by atoms with Gasteiger partial charge in [0.25, 0.3) is 0 Å². The fourth-order valence-corrected chi connectivity index (χ4v) is 2.99. The fourth-order valence-electron chi connectivity index (χ4n) is 2.99. The molecule has 1 aliphatic rings. The van der Waals surface area contributed by atoms with Crippen LogP contribution in [0.2, 0.25) is 0 Å². The molecule has 5 nitrogen and oxygen atoms in total. The van der Waals surface area contributed by atoms with Gasteiger partial charge in [0.15, 0.2) is 0 Å². The average molecular weight is 319 g/mol. The zero-order valence-corrected chi connectivity index (χ0v) is 14.2. The predicted octanol–water partition coefficient (Wildman–Crippen LogP) is 3.42. The van der Waals surface area contributed by atoms with Gasteiger partial charge in [-0.25, -0.2) is 4.79 Å². The van der Waals surface area contributed by atoms with E-state index in [1.807, 2.05) is 31.2 Å². The molecule has 1 aliphatic heterocycles. The van der Waals surface area contributed by atoms with Gasteiger partial charge in [-0.3, -0.25) is 4.79 Å². The van der Waals surface area contributed by atoms with Crippen LogP contribution in [0.4, 0.5) is 4.79 Å². The lowest BCUT2D eigenvalue weighted by molar-refractivity contribution is -0.144. The number of carboxylic acid groups (broad SMARTS) is 1. The SMILES string of the molecule is Cc1cccc([C@@H]2CCN(C(=O)OC(C)(C)C)C[C@H]2C(=O)O)c1. The van der Waals surface area contributed by atoms with E-state index in [9.17, 15) is 14.7 Å². The Morgan fingerprint density at radius 2 is 2.00 bits per heavy atom. The average Bonchev–Trinajstić information content (AvgIpc) is 2.44. The standard InChI is InChI=1S/C18H25NO4/c1-12-6-5-7-13(10-12)14-8-9-19(11-15(14)16(20)21)17(22)23-18(2,3)4/h5-7,10,14-15H,8-9,11H2,1-4H3,(H,20,21)/t14-,15+/m0/s1. The summed E-state index contributed by atoms with van der Waals surface area (Å²) in [5.74, 6) is -1.56. The van der Waals surface area contributed by atoms with E-state index in [2.05, 4.69) is 0 Å². The summed E-state index contributed by atoms with van der Waals surface area (Å²) in [4.78, 5) is 25.4. The lowest BCUT2D eigenvalue weighted by Gasteiger charge is -2.37. The van der Waals surface area contributed by atoms with Crippen LogP contribution >= 0.6 is 0 Å². The molecule has 0 aromatic heterocycles. The molecule has 0 aliphatic carbocycles. The minimum atomic E-state index is -0.871. The molecular formula is C18H25NO4. The fraction of sp³-hybridized carbons (Fsp3) is 0.556. The Labute approximate surface area is 137 Å². The number of ether oxygens (including phenoxy) is 1.